The minimum atomic E-state index is -3.15. The Hall–Kier alpha value is 0.440. The summed E-state index contributed by atoms with van der Waals surface area (Å²) in [6, 6.07) is 0. The van der Waals surface area contributed by atoms with Gasteiger partial charge in [-0.1, -0.05) is 0 Å². The van der Waals surface area contributed by atoms with Gasteiger partial charge in [0.05, 0.1) is 13.2 Å². The van der Waals surface area contributed by atoms with Gasteiger partial charge in [0.15, 0.2) is 0 Å². The average molecular weight is 183 g/mol. The summed E-state index contributed by atoms with van der Waals surface area (Å²) in [7, 11) is 0. The minimum Gasteiger partial charge on any atom is -0.296 e. The third-order valence-corrected chi connectivity index (χ3v) is 3.47. The van der Waals surface area contributed by atoms with Crippen LogP contribution in [-0.4, -0.2) is 13.2 Å². The summed E-state index contributed by atoms with van der Waals surface area (Å²) in [5.41, 5.74) is 0.183. The van der Waals surface area contributed by atoms with E-state index in [9.17, 15) is 4.57 Å². The van der Waals surface area contributed by atoms with Gasteiger partial charge >= 0.3 is 6.95 Å². The first-order valence-corrected chi connectivity index (χ1v) is 5.66. The maximum Gasteiger partial charge on any atom is 0.424 e. The molecular weight excluding hydrogens is 174 g/mol. The molecule has 0 atom stereocenters. The van der Waals surface area contributed by atoms with Crippen molar-refractivity contribution in [1.29, 1.82) is 0 Å². The minimum absolute atomic E-state index is 0.183. The molecule has 10 heavy (non-hydrogen) atoms. The number of rotatable bonds is 0. The Labute approximate surface area is 64.0 Å². The number of halogens is 1. The van der Waals surface area contributed by atoms with Crippen molar-refractivity contribution in [2.75, 3.05) is 13.2 Å². The second-order valence-corrected chi connectivity index (χ2v) is 5.60. The Morgan fingerprint density at radius 1 is 1.30 bits per heavy atom. The van der Waals surface area contributed by atoms with E-state index in [1.54, 1.807) is 0 Å². The monoisotopic (exact) mass is 182 g/mol. The van der Waals surface area contributed by atoms with Crippen LogP contribution in [-0.2, 0) is 13.6 Å². The first-order chi connectivity index (χ1) is 4.62. The molecule has 0 unspecified atom stereocenters. The van der Waals surface area contributed by atoms with Gasteiger partial charge in [0.25, 0.3) is 0 Å². The molecule has 5 heteroatoms. The lowest BCUT2D eigenvalue weighted by molar-refractivity contribution is 0.0887. The molecule has 1 heterocycles. The zero-order chi connectivity index (χ0) is 7.24. The van der Waals surface area contributed by atoms with Crippen LogP contribution >= 0.6 is 18.2 Å². The van der Waals surface area contributed by atoms with E-state index >= 15 is 0 Å². The van der Waals surface area contributed by atoms with Gasteiger partial charge in [0.2, 0.25) is 0 Å². The SMILES string of the molecule is O=P1(Cl)OCC2(CC2)CO1. The molecule has 0 aromatic rings. The number of hydrogen-bond donors (Lipinski definition) is 0. The van der Waals surface area contributed by atoms with Crippen LogP contribution in [0.5, 0.6) is 0 Å². The van der Waals surface area contributed by atoms with Crippen molar-refractivity contribution in [3.8, 4) is 0 Å². The van der Waals surface area contributed by atoms with Crippen LogP contribution in [0.25, 0.3) is 0 Å². The molecule has 1 spiro atoms. The van der Waals surface area contributed by atoms with Crippen LogP contribution in [0.3, 0.4) is 0 Å². The molecule has 1 aliphatic heterocycles. The van der Waals surface area contributed by atoms with Gasteiger partial charge in [-0.15, -0.1) is 0 Å². The fourth-order valence-electron chi connectivity index (χ4n) is 0.972. The van der Waals surface area contributed by atoms with Crippen molar-refractivity contribution in [1.82, 2.24) is 0 Å². The average Bonchev–Trinajstić information content (AvgIpc) is 2.60. The molecule has 2 rings (SSSR count). The van der Waals surface area contributed by atoms with Crippen LogP contribution in [0.2, 0.25) is 0 Å². The fourth-order valence-corrected chi connectivity index (χ4v) is 2.20. The Morgan fingerprint density at radius 2 is 1.80 bits per heavy atom. The molecule has 2 aliphatic rings. The van der Waals surface area contributed by atoms with Gasteiger partial charge in [-0.25, -0.2) is 4.57 Å². The van der Waals surface area contributed by atoms with Crippen molar-refractivity contribution >= 4 is 18.2 Å². The first-order valence-electron chi connectivity index (χ1n) is 3.21. The third kappa shape index (κ3) is 1.24. The summed E-state index contributed by atoms with van der Waals surface area (Å²) in [6.45, 7) is -2.14. The Balaban J connectivity index is 2.02. The molecule has 0 aromatic carbocycles. The van der Waals surface area contributed by atoms with E-state index in [0.29, 0.717) is 13.2 Å². The van der Waals surface area contributed by atoms with Crippen LogP contribution in [0, 0.1) is 5.41 Å². The zero-order valence-corrected chi connectivity index (χ0v) is 7.03. The quantitative estimate of drug-likeness (QED) is 0.539. The third-order valence-electron chi connectivity index (χ3n) is 2.01. The highest BCUT2D eigenvalue weighted by atomic mass is 35.7. The summed E-state index contributed by atoms with van der Waals surface area (Å²) < 4.78 is 20.6. The number of hydrogen-bond acceptors (Lipinski definition) is 3. The van der Waals surface area contributed by atoms with E-state index in [0.717, 1.165) is 12.8 Å². The molecule has 0 N–H and O–H groups in total. The normalized spacial score (nSPS) is 34.1. The van der Waals surface area contributed by atoms with E-state index in [-0.39, 0.29) is 5.41 Å². The molecule has 1 saturated heterocycles. The van der Waals surface area contributed by atoms with Crippen LogP contribution < -0.4 is 0 Å². The molecule has 0 aromatic heterocycles. The highest BCUT2D eigenvalue weighted by molar-refractivity contribution is 7.81. The second-order valence-electron chi connectivity index (χ2n) is 2.98. The van der Waals surface area contributed by atoms with Crippen molar-refractivity contribution in [2.45, 2.75) is 12.8 Å². The molecule has 2 fully saturated rings. The largest absolute Gasteiger partial charge is 0.424 e. The van der Waals surface area contributed by atoms with Crippen molar-refractivity contribution in [3.63, 3.8) is 0 Å². The lowest BCUT2D eigenvalue weighted by Crippen LogP contribution is -2.20. The molecule has 58 valence electrons. The van der Waals surface area contributed by atoms with Gasteiger partial charge in [-0.2, -0.15) is 0 Å². The van der Waals surface area contributed by atoms with Gasteiger partial charge in [-0.3, -0.25) is 9.05 Å². The lowest BCUT2D eigenvalue weighted by atomic mass is 10.1. The first kappa shape index (κ1) is 7.11. The molecule has 0 bridgehead atoms. The van der Waals surface area contributed by atoms with E-state index in [1.165, 1.54) is 0 Å². The van der Waals surface area contributed by atoms with E-state index in [4.69, 9.17) is 20.3 Å². The smallest absolute Gasteiger partial charge is 0.296 e. The highest BCUT2D eigenvalue weighted by Crippen LogP contribution is 2.63. The lowest BCUT2D eigenvalue weighted by Gasteiger charge is -2.24. The van der Waals surface area contributed by atoms with Crippen LogP contribution in [0.15, 0.2) is 0 Å². The van der Waals surface area contributed by atoms with Gasteiger partial charge in [0, 0.05) is 16.7 Å². The Morgan fingerprint density at radius 3 is 2.20 bits per heavy atom. The Bertz CT molecular complexity index is 187. The van der Waals surface area contributed by atoms with Gasteiger partial charge in [-0.05, 0) is 12.8 Å². The predicted octanol–water partition coefficient (Wildman–Crippen LogP) is 2.16. The summed E-state index contributed by atoms with van der Waals surface area (Å²) in [5.74, 6) is 0. The van der Waals surface area contributed by atoms with Crippen molar-refractivity contribution in [3.05, 3.63) is 0 Å². The predicted molar refractivity (Wildman–Crippen MR) is 37.0 cm³/mol. The summed E-state index contributed by atoms with van der Waals surface area (Å²) in [5, 5.41) is 0. The van der Waals surface area contributed by atoms with Crippen molar-refractivity contribution in [2.24, 2.45) is 5.41 Å². The second kappa shape index (κ2) is 1.98. The van der Waals surface area contributed by atoms with Crippen LogP contribution in [0.1, 0.15) is 12.8 Å². The molecule has 0 radical (unpaired) electrons. The zero-order valence-electron chi connectivity index (χ0n) is 5.38. The van der Waals surface area contributed by atoms with E-state index in [2.05, 4.69) is 0 Å². The van der Waals surface area contributed by atoms with Gasteiger partial charge < -0.3 is 0 Å². The van der Waals surface area contributed by atoms with E-state index in [1.807, 2.05) is 0 Å². The Kier molecular flexibility index (Phi) is 1.41. The molecule has 1 saturated carbocycles. The topological polar surface area (TPSA) is 35.5 Å². The summed E-state index contributed by atoms with van der Waals surface area (Å²) >= 11 is 5.34. The molecule has 3 nitrogen and oxygen atoms in total. The maximum atomic E-state index is 10.9. The van der Waals surface area contributed by atoms with Crippen LogP contribution in [0.4, 0.5) is 0 Å². The van der Waals surface area contributed by atoms with E-state index < -0.39 is 6.95 Å². The van der Waals surface area contributed by atoms with Crippen molar-refractivity contribution < 1.29 is 13.6 Å². The molecular formula is C5H8ClO3P. The maximum absolute atomic E-state index is 10.9. The summed E-state index contributed by atoms with van der Waals surface area (Å²) in [6.07, 6.45) is 2.23. The van der Waals surface area contributed by atoms with Gasteiger partial charge in [0.1, 0.15) is 0 Å². The summed E-state index contributed by atoms with van der Waals surface area (Å²) in [4.78, 5) is 0. The standard InChI is InChI=1S/C5H8ClO3P/c6-10(7)8-3-5(1-2-5)4-9-10/h1-4H2. The fraction of sp³-hybridized carbons (Fsp3) is 1.00. The molecule has 0 amide bonds. The molecule has 1 aliphatic carbocycles. The highest BCUT2D eigenvalue weighted by Gasteiger charge is 2.49.